The number of carbonyl (C=O) groups is 3. The largest absolute Gasteiger partial charge is 1.00 e. The summed E-state index contributed by atoms with van der Waals surface area (Å²) in [4.78, 5) is 33.7. The summed E-state index contributed by atoms with van der Waals surface area (Å²) < 4.78 is 0. The first-order chi connectivity index (χ1) is 14.0. The van der Waals surface area contributed by atoms with Gasteiger partial charge in [0, 0.05) is 12.8 Å². The first-order valence-corrected chi connectivity index (χ1v) is 11.4. The Morgan fingerprint density at radius 2 is 1.37 bits per heavy atom. The van der Waals surface area contributed by atoms with E-state index in [2.05, 4.69) is 24.4 Å². The first-order valence-electron chi connectivity index (χ1n) is 11.4. The third-order valence-electron chi connectivity index (χ3n) is 4.98. The molecule has 7 heteroatoms. The van der Waals surface area contributed by atoms with Crippen molar-refractivity contribution in [3.8, 4) is 0 Å². The van der Waals surface area contributed by atoms with Crippen LogP contribution in [0, 0.1) is 0 Å². The van der Waals surface area contributed by atoms with Crippen molar-refractivity contribution in [2.45, 2.75) is 116 Å². The Kier molecular flexibility index (Phi) is 23.8. The van der Waals surface area contributed by atoms with Crippen LogP contribution in [0.3, 0.4) is 0 Å². The summed E-state index contributed by atoms with van der Waals surface area (Å²) in [7, 11) is 0. The Labute approximate surface area is 206 Å². The number of carboxylic acids is 1. The zero-order valence-electron chi connectivity index (χ0n) is 20.3. The monoisotopic (exact) mass is 434 g/mol. The number of unbranched alkanes of at least 4 members (excludes halogenated alkanes) is 11. The fourth-order valence-electron chi connectivity index (χ4n) is 3.17. The Bertz CT molecular complexity index is 490. The van der Waals surface area contributed by atoms with E-state index in [4.69, 9.17) is 10.8 Å². The van der Waals surface area contributed by atoms with Crippen LogP contribution in [0.5, 0.6) is 0 Å². The minimum atomic E-state index is -1.14. The van der Waals surface area contributed by atoms with Crippen LogP contribution in [0.15, 0.2) is 12.2 Å². The molecule has 0 aromatic heterocycles. The molecule has 0 aromatic carbocycles. The number of nitrogens with one attached hydrogen (secondary N) is 1. The quantitative estimate of drug-likeness (QED) is 0.155. The van der Waals surface area contributed by atoms with Gasteiger partial charge in [0.05, 0.1) is 0 Å². The molecule has 4 N–H and O–H groups in total. The van der Waals surface area contributed by atoms with Crippen molar-refractivity contribution in [1.82, 2.24) is 5.32 Å². The standard InChI is InChI=1S/C23H42N2O4.Na.H/c1-2-3-4-5-6-7-8-9-10-11-12-13-14-15-16-17-22(27)25-20(23(28)29)18-19-21(24)26;;/h9-10,20H,2-8,11-19H2,1H3,(H2,24,26)(H,25,27)(H,28,29);;/q;+1;-1/b10-9-;;. The van der Waals surface area contributed by atoms with E-state index in [-0.39, 0.29) is 49.7 Å². The molecule has 1 unspecified atom stereocenters. The molecule has 0 aliphatic rings. The number of allylic oxidation sites excluding steroid dienone is 2. The number of aliphatic carboxylic acids is 1. The molecule has 0 saturated carbocycles. The van der Waals surface area contributed by atoms with Gasteiger partial charge in [-0.1, -0.05) is 70.4 Å². The molecule has 0 radical (unpaired) electrons. The molecule has 170 valence electrons. The molecule has 0 aliphatic carbocycles. The Morgan fingerprint density at radius 3 is 1.87 bits per heavy atom. The van der Waals surface area contributed by atoms with Crippen LogP contribution in [-0.4, -0.2) is 28.9 Å². The summed E-state index contributed by atoms with van der Waals surface area (Å²) in [5.74, 6) is -1.98. The van der Waals surface area contributed by atoms with Crippen molar-refractivity contribution in [2.24, 2.45) is 5.73 Å². The van der Waals surface area contributed by atoms with E-state index in [0.717, 1.165) is 32.1 Å². The fraction of sp³-hybridized carbons (Fsp3) is 0.783. The van der Waals surface area contributed by atoms with Gasteiger partial charge < -0.3 is 17.6 Å². The number of hydrogen-bond donors (Lipinski definition) is 3. The fourth-order valence-corrected chi connectivity index (χ4v) is 3.17. The molecule has 0 fully saturated rings. The van der Waals surface area contributed by atoms with Gasteiger partial charge in [-0.25, -0.2) is 4.79 Å². The summed E-state index contributed by atoms with van der Waals surface area (Å²) in [6.07, 6.45) is 20.4. The van der Waals surface area contributed by atoms with Crippen LogP contribution < -0.4 is 40.6 Å². The summed E-state index contributed by atoms with van der Waals surface area (Å²) in [5.41, 5.74) is 5.02. The summed E-state index contributed by atoms with van der Waals surface area (Å²) in [6.45, 7) is 2.24. The molecule has 2 amide bonds. The molecule has 0 bridgehead atoms. The topological polar surface area (TPSA) is 109 Å². The van der Waals surface area contributed by atoms with Gasteiger partial charge in [0.2, 0.25) is 11.8 Å². The molecule has 0 rings (SSSR count). The number of primary amides is 1. The SMILES string of the molecule is CCCCCCCC/C=C\CCCCCCCC(=O)NC(CCC(N)=O)C(=O)O.[H-].[Na+]. The van der Waals surface area contributed by atoms with Crippen LogP contribution in [0.25, 0.3) is 0 Å². The molecule has 0 aliphatic heterocycles. The van der Waals surface area contributed by atoms with Crippen molar-refractivity contribution in [3.63, 3.8) is 0 Å². The summed E-state index contributed by atoms with van der Waals surface area (Å²) in [5, 5.41) is 11.5. The van der Waals surface area contributed by atoms with Gasteiger partial charge in [0.15, 0.2) is 0 Å². The van der Waals surface area contributed by atoms with Crippen molar-refractivity contribution < 1.29 is 50.5 Å². The minimum Gasteiger partial charge on any atom is -1.00 e. The molecule has 0 spiro atoms. The van der Waals surface area contributed by atoms with E-state index < -0.39 is 17.9 Å². The predicted molar refractivity (Wildman–Crippen MR) is 119 cm³/mol. The van der Waals surface area contributed by atoms with Gasteiger partial charge in [0.25, 0.3) is 0 Å². The van der Waals surface area contributed by atoms with Crippen molar-refractivity contribution >= 4 is 17.8 Å². The van der Waals surface area contributed by atoms with Gasteiger partial charge in [-0.2, -0.15) is 0 Å². The van der Waals surface area contributed by atoms with E-state index in [1.807, 2.05) is 0 Å². The van der Waals surface area contributed by atoms with Crippen LogP contribution in [-0.2, 0) is 14.4 Å². The second-order valence-corrected chi connectivity index (χ2v) is 7.80. The van der Waals surface area contributed by atoms with Crippen molar-refractivity contribution in [1.29, 1.82) is 0 Å². The van der Waals surface area contributed by atoms with Gasteiger partial charge in [0.1, 0.15) is 6.04 Å². The molecule has 6 nitrogen and oxygen atoms in total. The van der Waals surface area contributed by atoms with Crippen molar-refractivity contribution in [2.75, 3.05) is 0 Å². The number of hydrogen-bond acceptors (Lipinski definition) is 3. The zero-order valence-corrected chi connectivity index (χ0v) is 21.3. The first kappa shape index (κ1) is 31.3. The van der Waals surface area contributed by atoms with Crippen LogP contribution in [0.1, 0.15) is 111 Å². The molecule has 0 saturated heterocycles. The van der Waals surface area contributed by atoms with Crippen LogP contribution >= 0.6 is 0 Å². The maximum absolute atomic E-state index is 11.8. The van der Waals surface area contributed by atoms with Gasteiger partial charge in [-0.15, -0.1) is 0 Å². The number of carbonyl (C=O) groups excluding carboxylic acids is 2. The molecule has 0 heterocycles. The molecule has 1 atom stereocenters. The van der Waals surface area contributed by atoms with Crippen molar-refractivity contribution in [3.05, 3.63) is 12.2 Å². The molecular formula is C23H43N2NaO4. The molecular weight excluding hydrogens is 391 g/mol. The second-order valence-electron chi connectivity index (χ2n) is 7.80. The minimum absolute atomic E-state index is 0. The van der Waals surface area contributed by atoms with Crippen LogP contribution in [0.4, 0.5) is 0 Å². The third-order valence-corrected chi connectivity index (χ3v) is 4.98. The molecule has 0 aromatic rings. The third kappa shape index (κ3) is 21.8. The maximum atomic E-state index is 11.8. The van der Waals surface area contributed by atoms with Gasteiger partial charge >= 0.3 is 35.5 Å². The van der Waals surface area contributed by atoms with Crippen LogP contribution in [0.2, 0.25) is 0 Å². The number of carboxylic acid groups (broad SMARTS) is 1. The van der Waals surface area contributed by atoms with E-state index in [1.165, 1.54) is 51.4 Å². The Morgan fingerprint density at radius 1 is 0.867 bits per heavy atom. The zero-order chi connectivity index (χ0) is 21.7. The molecule has 30 heavy (non-hydrogen) atoms. The van der Waals surface area contributed by atoms with E-state index >= 15 is 0 Å². The van der Waals surface area contributed by atoms with Gasteiger partial charge in [-0.3, -0.25) is 9.59 Å². The number of rotatable bonds is 20. The number of amides is 2. The number of nitrogens with two attached hydrogens (primary N) is 1. The maximum Gasteiger partial charge on any atom is 1.00 e. The van der Waals surface area contributed by atoms with E-state index in [9.17, 15) is 14.4 Å². The Hall–Kier alpha value is -0.850. The smallest absolute Gasteiger partial charge is 1.00 e. The second kappa shape index (κ2) is 22.8. The Balaban J connectivity index is -0.00000392. The van der Waals surface area contributed by atoms with Gasteiger partial charge in [-0.05, 0) is 38.5 Å². The van der Waals surface area contributed by atoms with E-state index in [1.54, 1.807) is 0 Å². The predicted octanol–water partition coefficient (Wildman–Crippen LogP) is 1.98. The average molecular weight is 435 g/mol. The summed E-state index contributed by atoms with van der Waals surface area (Å²) in [6, 6.07) is -1.04. The normalized spacial score (nSPS) is 11.8. The average Bonchev–Trinajstić information content (AvgIpc) is 2.67. The summed E-state index contributed by atoms with van der Waals surface area (Å²) >= 11 is 0. The van der Waals surface area contributed by atoms with E-state index in [0.29, 0.717) is 6.42 Å².